The Bertz CT molecular complexity index is 453. The van der Waals surface area contributed by atoms with Crippen LogP contribution < -0.4 is 5.73 Å². The maximum atomic E-state index is 13.5. The van der Waals surface area contributed by atoms with Crippen LogP contribution in [0.5, 0.6) is 0 Å². The zero-order chi connectivity index (χ0) is 12.1. The van der Waals surface area contributed by atoms with E-state index in [1.807, 2.05) is 12.1 Å². The maximum Gasteiger partial charge on any atom is 0.126 e. The number of thiophene rings is 1. The Balaban J connectivity index is 2.03. The Morgan fingerprint density at radius 3 is 2.65 bits per heavy atom. The molecule has 1 unspecified atom stereocenters. The second-order valence-corrected chi connectivity index (χ2v) is 5.01. The van der Waals surface area contributed by atoms with Crippen LogP contribution in [0.1, 0.15) is 11.1 Å². The van der Waals surface area contributed by atoms with E-state index in [4.69, 9.17) is 5.73 Å². The molecule has 90 valence electrons. The summed E-state index contributed by atoms with van der Waals surface area (Å²) >= 11 is 1.69. The summed E-state index contributed by atoms with van der Waals surface area (Å²) in [5.41, 5.74) is 7.82. The molecule has 0 radical (unpaired) electrons. The number of hydrogen-bond acceptors (Lipinski definition) is 2. The van der Waals surface area contributed by atoms with Gasteiger partial charge in [0.05, 0.1) is 0 Å². The van der Waals surface area contributed by atoms with Crippen molar-refractivity contribution in [1.29, 1.82) is 0 Å². The van der Waals surface area contributed by atoms with Crippen molar-refractivity contribution in [3.8, 4) is 0 Å². The zero-order valence-corrected chi connectivity index (χ0v) is 10.4. The molecule has 0 saturated heterocycles. The molecular weight excluding hydrogens is 233 g/mol. The Morgan fingerprint density at radius 2 is 2.00 bits per heavy atom. The Labute approximate surface area is 105 Å². The lowest BCUT2D eigenvalue weighted by molar-refractivity contribution is 0.512. The van der Waals surface area contributed by atoms with Crippen LogP contribution >= 0.6 is 11.3 Å². The third kappa shape index (κ3) is 3.38. The fourth-order valence-corrected chi connectivity index (χ4v) is 2.64. The highest BCUT2D eigenvalue weighted by atomic mass is 32.1. The molecule has 0 aliphatic carbocycles. The van der Waals surface area contributed by atoms with Gasteiger partial charge in [-0.1, -0.05) is 18.2 Å². The molecule has 0 fully saturated rings. The molecule has 0 aliphatic rings. The number of rotatable bonds is 5. The van der Waals surface area contributed by atoms with E-state index in [1.165, 1.54) is 11.6 Å². The van der Waals surface area contributed by atoms with Crippen LogP contribution in [-0.2, 0) is 12.8 Å². The summed E-state index contributed by atoms with van der Waals surface area (Å²) < 4.78 is 13.5. The second-order valence-electron chi connectivity index (χ2n) is 4.23. The largest absolute Gasteiger partial charge is 0.330 e. The summed E-state index contributed by atoms with van der Waals surface area (Å²) in [6.07, 6.45) is 1.63. The molecule has 2 rings (SSSR count). The molecule has 1 nitrogen and oxygen atoms in total. The van der Waals surface area contributed by atoms with Gasteiger partial charge in [0.2, 0.25) is 0 Å². The van der Waals surface area contributed by atoms with Crippen LogP contribution in [0.2, 0.25) is 0 Å². The predicted molar refractivity (Wildman–Crippen MR) is 70.7 cm³/mol. The Kier molecular flexibility index (Phi) is 4.29. The van der Waals surface area contributed by atoms with E-state index in [0.717, 1.165) is 12.0 Å². The first-order valence-electron chi connectivity index (χ1n) is 5.74. The molecule has 0 amide bonds. The normalized spacial score (nSPS) is 12.6. The van der Waals surface area contributed by atoms with E-state index in [9.17, 15) is 4.39 Å². The van der Waals surface area contributed by atoms with Crippen LogP contribution in [-0.4, -0.2) is 6.54 Å². The number of halogens is 1. The van der Waals surface area contributed by atoms with E-state index >= 15 is 0 Å². The van der Waals surface area contributed by atoms with Crippen LogP contribution in [0.3, 0.4) is 0 Å². The van der Waals surface area contributed by atoms with Crippen molar-refractivity contribution in [3.63, 3.8) is 0 Å². The van der Waals surface area contributed by atoms with Gasteiger partial charge in [0.15, 0.2) is 0 Å². The molecule has 0 aliphatic heterocycles. The lowest BCUT2D eigenvalue weighted by Crippen LogP contribution is -2.19. The smallest absolute Gasteiger partial charge is 0.126 e. The molecule has 0 saturated carbocycles. The summed E-state index contributed by atoms with van der Waals surface area (Å²) in [5, 5.41) is 4.19. The minimum atomic E-state index is -0.128. The van der Waals surface area contributed by atoms with Crippen LogP contribution in [0.4, 0.5) is 4.39 Å². The van der Waals surface area contributed by atoms with Crippen LogP contribution in [0.15, 0.2) is 41.1 Å². The van der Waals surface area contributed by atoms with Gasteiger partial charge in [0.1, 0.15) is 5.82 Å². The molecule has 1 aromatic carbocycles. The quantitative estimate of drug-likeness (QED) is 0.865. The molecule has 2 N–H and O–H groups in total. The van der Waals surface area contributed by atoms with Gasteiger partial charge < -0.3 is 5.73 Å². The van der Waals surface area contributed by atoms with Crippen molar-refractivity contribution in [2.24, 2.45) is 11.7 Å². The monoisotopic (exact) mass is 249 g/mol. The van der Waals surface area contributed by atoms with Gasteiger partial charge in [-0.25, -0.2) is 4.39 Å². The van der Waals surface area contributed by atoms with Crippen molar-refractivity contribution >= 4 is 11.3 Å². The van der Waals surface area contributed by atoms with Crippen molar-refractivity contribution < 1.29 is 4.39 Å². The third-order valence-corrected chi connectivity index (χ3v) is 3.64. The molecule has 1 aromatic heterocycles. The highest BCUT2D eigenvalue weighted by Gasteiger charge is 2.11. The summed E-state index contributed by atoms with van der Waals surface area (Å²) in [4.78, 5) is 0. The van der Waals surface area contributed by atoms with Gasteiger partial charge >= 0.3 is 0 Å². The average Bonchev–Trinajstić information content (AvgIpc) is 2.84. The highest BCUT2D eigenvalue weighted by molar-refractivity contribution is 7.07. The molecule has 17 heavy (non-hydrogen) atoms. The van der Waals surface area contributed by atoms with Gasteiger partial charge in [-0.15, -0.1) is 0 Å². The summed E-state index contributed by atoms with van der Waals surface area (Å²) in [6.45, 7) is 0.587. The summed E-state index contributed by atoms with van der Waals surface area (Å²) in [6, 6.07) is 9.04. The first-order chi connectivity index (χ1) is 8.29. The summed E-state index contributed by atoms with van der Waals surface area (Å²) in [5.74, 6) is 0.178. The number of hydrogen-bond donors (Lipinski definition) is 1. The maximum absolute atomic E-state index is 13.5. The van der Waals surface area contributed by atoms with Gasteiger partial charge in [-0.3, -0.25) is 0 Å². The third-order valence-electron chi connectivity index (χ3n) is 2.90. The van der Waals surface area contributed by atoms with Crippen molar-refractivity contribution in [2.75, 3.05) is 6.54 Å². The fourth-order valence-electron chi connectivity index (χ4n) is 1.96. The lowest BCUT2D eigenvalue weighted by atomic mass is 9.93. The molecule has 1 atom stereocenters. The first kappa shape index (κ1) is 12.3. The topological polar surface area (TPSA) is 26.0 Å². The standard InChI is InChI=1S/C14H16FNS/c15-14-4-2-1-3-13(14)8-12(9-16)7-11-5-6-17-10-11/h1-6,10,12H,7-9,16H2. The van der Waals surface area contributed by atoms with Crippen molar-refractivity contribution in [1.82, 2.24) is 0 Å². The SMILES string of the molecule is NCC(Cc1ccsc1)Cc1ccccc1F. The number of benzene rings is 1. The molecule has 2 aromatic rings. The predicted octanol–water partition coefficient (Wildman–Crippen LogP) is 3.25. The van der Waals surface area contributed by atoms with Crippen LogP contribution in [0, 0.1) is 11.7 Å². The average molecular weight is 249 g/mol. The Morgan fingerprint density at radius 1 is 1.18 bits per heavy atom. The van der Waals surface area contributed by atoms with E-state index in [2.05, 4.69) is 16.8 Å². The van der Waals surface area contributed by atoms with Crippen molar-refractivity contribution in [2.45, 2.75) is 12.8 Å². The fraction of sp³-hybridized carbons (Fsp3) is 0.286. The van der Waals surface area contributed by atoms with Gasteiger partial charge in [-0.05, 0) is 59.3 Å². The molecule has 0 spiro atoms. The second kappa shape index (κ2) is 5.94. The minimum Gasteiger partial charge on any atom is -0.330 e. The zero-order valence-electron chi connectivity index (χ0n) is 9.60. The first-order valence-corrected chi connectivity index (χ1v) is 6.68. The molecule has 3 heteroatoms. The van der Waals surface area contributed by atoms with E-state index < -0.39 is 0 Å². The Hall–Kier alpha value is -1.19. The number of nitrogens with two attached hydrogens (primary N) is 1. The van der Waals surface area contributed by atoms with Crippen molar-refractivity contribution in [3.05, 3.63) is 58.0 Å². The van der Waals surface area contributed by atoms with Crippen LogP contribution in [0.25, 0.3) is 0 Å². The van der Waals surface area contributed by atoms with Gasteiger partial charge in [0.25, 0.3) is 0 Å². The minimum absolute atomic E-state index is 0.128. The highest BCUT2D eigenvalue weighted by Crippen LogP contribution is 2.17. The summed E-state index contributed by atoms with van der Waals surface area (Å²) in [7, 11) is 0. The van der Waals surface area contributed by atoms with E-state index in [-0.39, 0.29) is 5.82 Å². The molecular formula is C14H16FNS. The lowest BCUT2D eigenvalue weighted by Gasteiger charge is -2.14. The molecule has 1 heterocycles. The van der Waals surface area contributed by atoms with E-state index in [1.54, 1.807) is 17.4 Å². The van der Waals surface area contributed by atoms with E-state index in [0.29, 0.717) is 18.9 Å². The van der Waals surface area contributed by atoms with Gasteiger partial charge in [-0.2, -0.15) is 11.3 Å². The molecule has 0 bridgehead atoms. The van der Waals surface area contributed by atoms with Gasteiger partial charge in [0, 0.05) is 0 Å².